The Bertz CT molecular complexity index is 852. The Balaban J connectivity index is 1.88. The first-order valence-electron chi connectivity index (χ1n) is 7.82. The van der Waals surface area contributed by atoms with Crippen molar-refractivity contribution < 1.29 is 14.3 Å². The SMILES string of the molecule is COc1ccc(C(=O)NC(=S)Nc2ccc(NC(=S)NC(C)=O)cc2)cc1. The first-order chi connectivity index (χ1) is 12.9. The number of benzene rings is 2. The van der Waals surface area contributed by atoms with Crippen LogP contribution in [-0.4, -0.2) is 29.1 Å². The van der Waals surface area contributed by atoms with Gasteiger partial charge in [0.15, 0.2) is 10.2 Å². The van der Waals surface area contributed by atoms with Crippen molar-refractivity contribution in [1.82, 2.24) is 10.6 Å². The van der Waals surface area contributed by atoms with Crippen molar-refractivity contribution in [3.05, 3.63) is 54.1 Å². The number of rotatable bonds is 4. The third-order valence-electron chi connectivity index (χ3n) is 3.27. The summed E-state index contributed by atoms with van der Waals surface area (Å²) in [5, 5.41) is 11.3. The number of nitrogens with one attached hydrogen (secondary N) is 4. The van der Waals surface area contributed by atoms with Crippen LogP contribution in [0.2, 0.25) is 0 Å². The summed E-state index contributed by atoms with van der Waals surface area (Å²) in [7, 11) is 1.56. The molecule has 0 bridgehead atoms. The molecule has 7 nitrogen and oxygen atoms in total. The molecule has 140 valence electrons. The lowest BCUT2D eigenvalue weighted by Gasteiger charge is -2.11. The molecule has 0 aliphatic carbocycles. The van der Waals surface area contributed by atoms with E-state index in [2.05, 4.69) is 21.3 Å². The second-order valence-corrected chi connectivity index (χ2v) is 6.17. The van der Waals surface area contributed by atoms with Gasteiger partial charge in [-0.25, -0.2) is 0 Å². The van der Waals surface area contributed by atoms with Crippen LogP contribution >= 0.6 is 24.4 Å². The van der Waals surface area contributed by atoms with Crippen LogP contribution in [0.3, 0.4) is 0 Å². The topological polar surface area (TPSA) is 91.5 Å². The number of thiocarbonyl (C=S) groups is 2. The Hall–Kier alpha value is -3.04. The van der Waals surface area contributed by atoms with Crippen molar-refractivity contribution in [2.75, 3.05) is 17.7 Å². The zero-order valence-corrected chi connectivity index (χ0v) is 16.3. The summed E-state index contributed by atoms with van der Waals surface area (Å²) in [5.41, 5.74) is 1.85. The highest BCUT2D eigenvalue weighted by Crippen LogP contribution is 2.14. The Labute approximate surface area is 167 Å². The van der Waals surface area contributed by atoms with E-state index >= 15 is 0 Å². The molecule has 0 unspecified atom stereocenters. The fourth-order valence-electron chi connectivity index (χ4n) is 2.04. The van der Waals surface area contributed by atoms with Crippen LogP contribution in [-0.2, 0) is 4.79 Å². The lowest BCUT2D eigenvalue weighted by Crippen LogP contribution is -2.34. The van der Waals surface area contributed by atoms with Gasteiger partial charge in [-0.05, 0) is 73.0 Å². The summed E-state index contributed by atoms with van der Waals surface area (Å²) < 4.78 is 5.06. The molecule has 27 heavy (non-hydrogen) atoms. The number of hydrogen-bond acceptors (Lipinski definition) is 5. The van der Waals surface area contributed by atoms with Crippen molar-refractivity contribution in [3.8, 4) is 5.75 Å². The largest absolute Gasteiger partial charge is 0.497 e. The van der Waals surface area contributed by atoms with Crippen LogP contribution in [0.4, 0.5) is 11.4 Å². The van der Waals surface area contributed by atoms with Gasteiger partial charge in [0.1, 0.15) is 5.75 Å². The van der Waals surface area contributed by atoms with Gasteiger partial charge in [0.05, 0.1) is 7.11 Å². The molecule has 0 aliphatic rings. The van der Waals surface area contributed by atoms with Crippen molar-refractivity contribution in [3.63, 3.8) is 0 Å². The van der Waals surface area contributed by atoms with Gasteiger partial charge in [-0.2, -0.15) is 0 Å². The molecule has 0 saturated carbocycles. The van der Waals surface area contributed by atoms with E-state index in [1.165, 1.54) is 6.92 Å². The lowest BCUT2D eigenvalue weighted by molar-refractivity contribution is -0.117. The summed E-state index contributed by atoms with van der Waals surface area (Å²) in [4.78, 5) is 23.1. The molecule has 2 amide bonds. The van der Waals surface area contributed by atoms with Gasteiger partial charge in [0.2, 0.25) is 5.91 Å². The number of hydrogen-bond donors (Lipinski definition) is 4. The van der Waals surface area contributed by atoms with Gasteiger partial charge in [-0.1, -0.05) is 0 Å². The molecule has 0 atom stereocenters. The maximum atomic E-state index is 12.2. The van der Waals surface area contributed by atoms with Gasteiger partial charge in [0, 0.05) is 23.9 Å². The summed E-state index contributed by atoms with van der Waals surface area (Å²) in [6.07, 6.45) is 0. The summed E-state index contributed by atoms with van der Waals surface area (Å²) in [5.74, 6) is 0.0942. The molecule has 0 heterocycles. The molecule has 0 aliphatic heterocycles. The molecule has 4 N–H and O–H groups in total. The van der Waals surface area contributed by atoms with E-state index in [1.54, 1.807) is 55.6 Å². The smallest absolute Gasteiger partial charge is 0.257 e. The maximum absolute atomic E-state index is 12.2. The molecule has 2 rings (SSSR count). The Morgan fingerprint density at radius 1 is 0.815 bits per heavy atom. The second kappa shape index (κ2) is 9.60. The number of ether oxygens (including phenoxy) is 1. The van der Waals surface area contributed by atoms with Crippen LogP contribution in [0, 0.1) is 0 Å². The number of amides is 2. The van der Waals surface area contributed by atoms with Crippen LogP contribution < -0.4 is 26.0 Å². The molecule has 2 aromatic carbocycles. The summed E-state index contributed by atoms with van der Waals surface area (Å²) in [6.45, 7) is 1.38. The van der Waals surface area contributed by atoms with Gasteiger partial charge in [0.25, 0.3) is 5.91 Å². The molecule has 0 saturated heterocycles. The predicted octanol–water partition coefficient (Wildman–Crippen LogP) is 2.65. The third-order valence-corrected chi connectivity index (χ3v) is 3.68. The number of anilines is 2. The van der Waals surface area contributed by atoms with Crippen molar-refractivity contribution in [2.45, 2.75) is 6.92 Å². The minimum absolute atomic E-state index is 0.172. The monoisotopic (exact) mass is 402 g/mol. The van der Waals surface area contributed by atoms with Crippen LogP contribution in [0.1, 0.15) is 17.3 Å². The van der Waals surface area contributed by atoms with Crippen molar-refractivity contribution in [2.24, 2.45) is 0 Å². The van der Waals surface area contributed by atoms with Gasteiger partial charge >= 0.3 is 0 Å². The van der Waals surface area contributed by atoms with Crippen LogP contribution in [0.5, 0.6) is 5.75 Å². The second-order valence-electron chi connectivity index (χ2n) is 5.35. The zero-order valence-electron chi connectivity index (χ0n) is 14.7. The van der Waals surface area contributed by atoms with Gasteiger partial charge < -0.3 is 20.7 Å². The molecule has 0 radical (unpaired) electrons. The molecular weight excluding hydrogens is 384 g/mol. The first kappa shape index (κ1) is 20.3. The Morgan fingerprint density at radius 3 is 1.74 bits per heavy atom. The zero-order chi connectivity index (χ0) is 19.8. The molecule has 2 aromatic rings. The normalized spacial score (nSPS) is 9.70. The maximum Gasteiger partial charge on any atom is 0.257 e. The van der Waals surface area contributed by atoms with E-state index in [0.29, 0.717) is 22.7 Å². The van der Waals surface area contributed by atoms with Crippen molar-refractivity contribution in [1.29, 1.82) is 0 Å². The third kappa shape index (κ3) is 6.65. The molecular formula is C18H18N4O3S2. The minimum Gasteiger partial charge on any atom is -0.497 e. The van der Waals surface area contributed by atoms with E-state index in [-0.39, 0.29) is 22.0 Å². The fourth-order valence-corrected chi connectivity index (χ4v) is 2.51. The highest BCUT2D eigenvalue weighted by molar-refractivity contribution is 7.80. The van der Waals surface area contributed by atoms with Crippen LogP contribution in [0.25, 0.3) is 0 Å². The highest BCUT2D eigenvalue weighted by atomic mass is 32.1. The number of carbonyl (C=O) groups is 2. The average molecular weight is 403 g/mol. The summed E-state index contributed by atoms with van der Waals surface area (Å²) >= 11 is 10.1. The fraction of sp³-hybridized carbons (Fsp3) is 0.111. The molecule has 9 heteroatoms. The van der Waals surface area contributed by atoms with E-state index in [1.807, 2.05) is 0 Å². The molecule has 0 aromatic heterocycles. The standard InChI is InChI=1S/C18H18N4O3S2/c1-11(23)19-17(26)20-13-5-7-14(8-6-13)21-18(27)22-16(24)12-3-9-15(25-2)10-4-12/h3-10H,1-2H3,(H2,19,20,23,26)(H2,21,22,24,27). The molecule has 0 spiro atoms. The molecule has 0 fully saturated rings. The minimum atomic E-state index is -0.325. The van der Waals surface area contributed by atoms with E-state index in [0.717, 1.165) is 0 Å². The van der Waals surface area contributed by atoms with Gasteiger partial charge in [-0.3, -0.25) is 14.9 Å². The van der Waals surface area contributed by atoms with E-state index < -0.39 is 0 Å². The van der Waals surface area contributed by atoms with Crippen LogP contribution in [0.15, 0.2) is 48.5 Å². The summed E-state index contributed by atoms with van der Waals surface area (Å²) in [6, 6.07) is 13.7. The highest BCUT2D eigenvalue weighted by Gasteiger charge is 2.08. The lowest BCUT2D eigenvalue weighted by atomic mass is 10.2. The Morgan fingerprint density at radius 2 is 1.30 bits per heavy atom. The van der Waals surface area contributed by atoms with E-state index in [4.69, 9.17) is 29.2 Å². The predicted molar refractivity (Wildman–Crippen MR) is 113 cm³/mol. The van der Waals surface area contributed by atoms with Crippen molar-refractivity contribution >= 4 is 57.8 Å². The number of methoxy groups -OCH3 is 1. The van der Waals surface area contributed by atoms with E-state index in [9.17, 15) is 9.59 Å². The number of carbonyl (C=O) groups excluding carboxylic acids is 2. The Kier molecular flexibility index (Phi) is 7.21. The average Bonchev–Trinajstić information content (AvgIpc) is 2.62. The quantitative estimate of drug-likeness (QED) is 0.585. The first-order valence-corrected chi connectivity index (χ1v) is 8.64. The van der Waals surface area contributed by atoms with Gasteiger partial charge in [-0.15, -0.1) is 0 Å².